The van der Waals surface area contributed by atoms with Gasteiger partial charge < -0.3 is 11.1 Å². The summed E-state index contributed by atoms with van der Waals surface area (Å²) in [7, 11) is -1.20. The van der Waals surface area contributed by atoms with E-state index in [1.807, 2.05) is 7.05 Å². The average Bonchev–Trinajstić information content (AvgIpc) is 2.67. The number of anilines is 2. The summed E-state index contributed by atoms with van der Waals surface area (Å²) in [6.45, 7) is 3.20. The van der Waals surface area contributed by atoms with Crippen LogP contribution in [-0.4, -0.2) is 47.9 Å². The number of sulfonamides is 1. The van der Waals surface area contributed by atoms with Gasteiger partial charge in [-0.2, -0.15) is 5.10 Å². The normalized spacial score (nSPS) is 18.0. The molecule has 0 spiro atoms. The lowest BCUT2D eigenvalue weighted by atomic mass is 10.1. The first kappa shape index (κ1) is 16.1. The van der Waals surface area contributed by atoms with Crippen LogP contribution in [0.3, 0.4) is 0 Å². The molecule has 1 aliphatic rings. The van der Waals surface area contributed by atoms with Gasteiger partial charge in [0.15, 0.2) is 0 Å². The van der Waals surface area contributed by atoms with E-state index in [2.05, 4.69) is 17.3 Å². The molecule has 0 bridgehead atoms. The molecular formula is C13H25N5O2S. The quantitative estimate of drug-likeness (QED) is 0.838. The summed E-state index contributed by atoms with van der Waals surface area (Å²) in [6.07, 6.45) is 4.69. The van der Waals surface area contributed by atoms with Crippen LogP contribution >= 0.6 is 0 Å². The molecule has 0 saturated carbocycles. The van der Waals surface area contributed by atoms with Crippen LogP contribution in [0.25, 0.3) is 0 Å². The van der Waals surface area contributed by atoms with E-state index in [1.165, 1.54) is 10.6 Å². The molecule has 8 heteroatoms. The molecule has 2 heterocycles. The van der Waals surface area contributed by atoms with Crippen LogP contribution in [0.5, 0.6) is 0 Å². The number of aryl methyl sites for hydroxylation is 2. The van der Waals surface area contributed by atoms with Crippen molar-refractivity contribution in [3.05, 3.63) is 5.69 Å². The van der Waals surface area contributed by atoms with Crippen molar-refractivity contribution in [2.24, 2.45) is 7.05 Å². The third kappa shape index (κ3) is 3.68. The highest BCUT2D eigenvalue weighted by molar-refractivity contribution is 7.88. The Balaban J connectivity index is 2.01. The summed E-state index contributed by atoms with van der Waals surface area (Å²) in [5, 5.41) is 7.86. The fraction of sp³-hybridized carbons (Fsp3) is 0.769. The van der Waals surface area contributed by atoms with Crippen molar-refractivity contribution in [2.45, 2.75) is 38.6 Å². The predicted octanol–water partition coefficient (Wildman–Crippen LogP) is 0.791. The van der Waals surface area contributed by atoms with Crippen LogP contribution in [0.1, 0.15) is 31.9 Å². The van der Waals surface area contributed by atoms with Crippen LogP contribution in [0, 0.1) is 0 Å². The molecule has 120 valence electrons. The molecule has 21 heavy (non-hydrogen) atoms. The first-order valence-electron chi connectivity index (χ1n) is 7.36. The number of hydrogen-bond donors (Lipinski definition) is 2. The first-order valence-corrected chi connectivity index (χ1v) is 9.20. The molecule has 0 radical (unpaired) electrons. The number of piperidine rings is 1. The lowest BCUT2D eigenvalue weighted by molar-refractivity contribution is 0.331. The van der Waals surface area contributed by atoms with Gasteiger partial charge in [-0.1, -0.05) is 13.3 Å². The molecule has 0 unspecified atom stereocenters. The van der Waals surface area contributed by atoms with Crippen LogP contribution in [-0.2, 0) is 23.5 Å². The number of nitrogen functional groups attached to an aromatic ring is 1. The summed E-state index contributed by atoms with van der Waals surface area (Å²) in [6, 6.07) is 0.232. The van der Waals surface area contributed by atoms with E-state index in [9.17, 15) is 8.42 Å². The van der Waals surface area contributed by atoms with Gasteiger partial charge in [-0.05, 0) is 19.3 Å². The van der Waals surface area contributed by atoms with E-state index in [-0.39, 0.29) is 6.04 Å². The first-order chi connectivity index (χ1) is 9.82. The monoisotopic (exact) mass is 315 g/mol. The zero-order valence-corrected chi connectivity index (χ0v) is 13.8. The Morgan fingerprint density at radius 1 is 1.38 bits per heavy atom. The second-order valence-electron chi connectivity index (χ2n) is 5.66. The zero-order chi connectivity index (χ0) is 15.6. The van der Waals surface area contributed by atoms with Gasteiger partial charge in [-0.25, -0.2) is 12.7 Å². The molecule has 1 fully saturated rings. The second kappa shape index (κ2) is 6.23. The predicted molar refractivity (Wildman–Crippen MR) is 84.7 cm³/mol. The number of hydrogen-bond acceptors (Lipinski definition) is 5. The number of aromatic nitrogens is 2. The van der Waals surface area contributed by atoms with E-state index in [0.717, 1.165) is 37.2 Å². The number of rotatable bonds is 5. The van der Waals surface area contributed by atoms with E-state index in [1.54, 1.807) is 4.68 Å². The van der Waals surface area contributed by atoms with E-state index in [0.29, 0.717) is 18.8 Å². The summed E-state index contributed by atoms with van der Waals surface area (Å²) >= 11 is 0. The average molecular weight is 315 g/mol. The van der Waals surface area contributed by atoms with Crippen molar-refractivity contribution >= 4 is 21.5 Å². The molecule has 0 atom stereocenters. The zero-order valence-electron chi connectivity index (χ0n) is 13.0. The highest BCUT2D eigenvalue weighted by atomic mass is 32.2. The third-order valence-electron chi connectivity index (χ3n) is 3.91. The van der Waals surface area contributed by atoms with Crippen molar-refractivity contribution in [2.75, 3.05) is 30.4 Å². The molecule has 1 saturated heterocycles. The van der Waals surface area contributed by atoms with Crippen LogP contribution in [0.4, 0.5) is 11.5 Å². The largest absolute Gasteiger partial charge is 0.394 e. The van der Waals surface area contributed by atoms with Gasteiger partial charge in [0.05, 0.1) is 17.6 Å². The topological polar surface area (TPSA) is 93.2 Å². The summed E-state index contributed by atoms with van der Waals surface area (Å²) in [5.74, 6) is 0.844. The van der Waals surface area contributed by atoms with Crippen molar-refractivity contribution in [1.82, 2.24) is 14.1 Å². The van der Waals surface area contributed by atoms with Gasteiger partial charge in [0.2, 0.25) is 10.0 Å². The van der Waals surface area contributed by atoms with E-state index < -0.39 is 10.0 Å². The van der Waals surface area contributed by atoms with Gasteiger partial charge in [0.1, 0.15) is 5.82 Å². The van der Waals surface area contributed by atoms with Gasteiger partial charge in [-0.15, -0.1) is 0 Å². The fourth-order valence-corrected chi connectivity index (χ4v) is 3.59. The van der Waals surface area contributed by atoms with Gasteiger partial charge in [0.25, 0.3) is 0 Å². The summed E-state index contributed by atoms with van der Waals surface area (Å²) in [4.78, 5) is 0. The molecule has 7 nitrogen and oxygen atoms in total. The second-order valence-corrected chi connectivity index (χ2v) is 7.65. The molecule has 3 N–H and O–H groups in total. The maximum absolute atomic E-state index is 11.5. The number of nitrogens with one attached hydrogen (secondary N) is 1. The lowest BCUT2D eigenvalue weighted by Crippen LogP contribution is -2.42. The molecule has 0 aliphatic carbocycles. The minimum absolute atomic E-state index is 0.232. The Bertz CT molecular complexity index is 588. The molecule has 0 aromatic carbocycles. The fourth-order valence-electron chi connectivity index (χ4n) is 2.71. The molecule has 1 aromatic heterocycles. The highest BCUT2D eigenvalue weighted by Gasteiger charge is 2.26. The standard InChI is InChI=1S/C13H25N5O2S/c1-4-5-11-12(14)13(17(2)16-11)15-10-6-8-18(9-7-10)21(3,19)20/h10,15H,4-9,14H2,1-3H3. The Labute approximate surface area is 126 Å². The van der Waals surface area contributed by atoms with Gasteiger partial charge >= 0.3 is 0 Å². The Morgan fingerprint density at radius 2 is 2.00 bits per heavy atom. The van der Waals surface area contributed by atoms with Gasteiger partial charge in [-0.3, -0.25) is 4.68 Å². The van der Waals surface area contributed by atoms with Crippen molar-refractivity contribution in [3.63, 3.8) is 0 Å². The van der Waals surface area contributed by atoms with Crippen molar-refractivity contribution < 1.29 is 8.42 Å². The molecule has 2 rings (SSSR count). The molecule has 1 aromatic rings. The Kier molecular flexibility index (Phi) is 4.77. The van der Waals surface area contributed by atoms with Gasteiger partial charge in [0, 0.05) is 26.2 Å². The Morgan fingerprint density at radius 3 is 2.52 bits per heavy atom. The summed E-state index contributed by atoms with van der Waals surface area (Å²) < 4.78 is 26.3. The van der Waals surface area contributed by atoms with Crippen molar-refractivity contribution in [1.29, 1.82) is 0 Å². The minimum atomic E-state index is -3.08. The molecule has 1 aliphatic heterocycles. The lowest BCUT2D eigenvalue weighted by Gasteiger charge is -2.31. The molecule has 0 amide bonds. The molecular weight excluding hydrogens is 290 g/mol. The van der Waals surface area contributed by atoms with Crippen LogP contribution in [0.15, 0.2) is 0 Å². The third-order valence-corrected chi connectivity index (χ3v) is 5.21. The van der Waals surface area contributed by atoms with Crippen LogP contribution < -0.4 is 11.1 Å². The SMILES string of the molecule is CCCc1nn(C)c(NC2CCN(S(C)(=O)=O)CC2)c1N. The highest BCUT2D eigenvalue weighted by Crippen LogP contribution is 2.26. The van der Waals surface area contributed by atoms with Crippen molar-refractivity contribution in [3.8, 4) is 0 Å². The van der Waals surface area contributed by atoms with E-state index in [4.69, 9.17) is 5.73 Å². The van der Waals surface area contributed by atoms with Crippen LogP contribution in [0.2, 0.25) is 0 Å². The number of nitrogens with two attached hydrogens (primary N) is 1. The Hall–Kier alpha value is -1.28. The maximum Gasteiger partial charge on any atom is 0.211 e. The minimum Gasteiger partial charge on any atom is -0.394 e. The smallest absolute Gasteiger partial charge is 0.211 e. The van der Waals surface area contributed by atoms with E-state index >= 15 is 0 Å². The maximum atomic E-state index is 11.5. The number of nitrogens with zero attached hydrogens (tertiary/aromatic N) is 3. The summed E-state index contributed by atoms with van der Waals surface area (Å²) in [5.41, 5.74) is 7.79.